The number of nitrogens with zero attached hydrogens (tertiary/aromatic N) is 2. The molecular weight excluding hydrogens is 260 g/mol. The van der Waals surface area contributed by atoms with Gasteiger partial charge < -0.3 is 20.5 Å². The lowest BCUT2D eigenvalue weighted by Crippen LogP contribution is -2.17. The Balaban J connectivity index is 2.29. The van der Waals surface area contributed by atoms with Gasteiger partial charge in [-0.1, -0.05) is 0 Å². The van der Waals surface area contributed by atoms with E-state index in [1.807, 2.05) is 6.92 Å². The average Bonchev–Trinajstić information content (AvgIpc) is 2.87. The molecule has 2 aromatic rings. The topological polar surface area (TPSA) is 111 Å². The second-order valence-corrected chi connectivity index (χ2v) is 4.56. The van der Waals surface area contributed by atoms with E-state index in [0.717, 1.165) is 5.56 Å². The zero-order valence-corrected chi connectivity index (χ0v) is 11.2. The quantitative estimate of drug-likeness (QED) is 0.654. The number of aryl methyl sites for hydroxylation is 1. The molecule has 0 aliphatic carbocycles. The second kappa shape index (κ2) is 5.70. The molecule has 0 fully saturated rings. The molecule has 4 N–H and O–H groups in total. The van der Waals surface area contributed by atoms with Crippen LogP contribution in [0, 0.1) is 6.92 Å². The Kier molecular flexibility index (Phi) is 3.99. The van der Waals surface area contributed by atoms with Gasteiger partial charge >= 0.3 is 5.97 Å². The fourth-order valence-corrected chi connectivity index (χ4v) is 1.71. The van der Waals surface area contributed by atoms with Gasteiger partial charge in [-0.15, -0.1) is 0 Å². The van der Waals surface area contributed by atoms with Crippen molar-refractivity contribution in [2.75, 3.05) is 11.9 Å². The summed E-state index contributed by atoms with van der Waals surface area (Å²) in [6, 6.07) is 1.52. The highest BCUT2D eigenvalue weighted by Gasteiger charge is 2.12. The van der Waals surface area contributed by atoms with Gasteiger partial charge in [0.05, 0.1) is 11.8 Å². The number of hydrogen-bond donors (Lipinski definition) is 4. The summed E-state index contributed by atoms with van der Waals surface area (Å²) in [7, 11) is 0. The van der Waals surface area contributed by atoms with Gasteiger partial charge in [0.1, 0.15) is 5.69 Å². The molecule has 0 saturated heterocycles. The molecule has 1 atom stereocenters. The summed E-state index contributed by atoms with van der Waals surface area (Å²) in [5.41, 5.74) is 2.28. The Morgan fingerprint density at radius 3 is 2.90 bits per heavy atom. The minimum Gasteiger partial charge on any atom is -0.477 e. The minimum absolute atomic E-state index is 0.108. The van der Waals surface area contributed by atoms with Crippen LogP contribution in [0.5, 0.6) is 0 Å². The zero-order valence-electron chi connectivity index (χ0n) is 11.2. The number of aliphatic hydroxyl groups excluding tert-OH is 1. The number of nitrogens with one attached hydrogen (secondary N) is 2. The highest BCUT2D eigenvalue weighted by Crippen LogP contribution is 2.22. The lowest BCUT2D eigenvalue weighted by atomic mass is 10.1. The summed E-state index contributed by atoms with van der Waals surface area (Å²) in [6.07, 6.45) is 2.74. The summed E-state index contributed by atoms with van der Waals surface area (Å²) in [6.45, 7) is 3.85. The van der Waals surface area contributed by atoms with Gasteiger partial charge in [-0.2, -0.15) is 0 Å². The first-order chi connectivity index (χ1) is 9.47. The van der Waals surface area contributed by atoms with Crippen LogP contribution < -0.4 is 5.32 Å². The third-order valence-corrected chi connectivity index (χ3v) is 2.71. The smallest absolute Gasteiger partial charge is 0.352 e. The van der Waals surface area contributed by atoms with Crippen LogP contribution >= 0.6 is 0 Å². The summed E-state index contributed by atoms with van der Waals surface area (Å²) in [5.74, 6) is -0.625. The Labute approximate surface area is 115 Å². The van der Waals surface area contributed by atoms with Gasteiger partial charge in [0, 0.05) is 24.5 Å². The maximum Gasteiger partial charge on any atom is 0.352 e. The monoisotopic (exact) mass is 276 g/mol. The molecule has 20 heavy (non-hydrogen) atoms. The van der Waals surface area contributed by atoms with Crippen molar-refractivity contribution in [3.05, 3.63) is 29.7 Å². The number of aliphatic hydroxyl groups is 1. The van der Waals surface area contributed by atoms with Crippen LogP contribution in [0.4, 0.5) is 5.95 Å². The molecule has 2 rings (SSSR count). The van der Waals surface area contributed by atoms with E-state index in [4.69, 9.17) is 5.11 Å². The highest BCUT2D eigenvalue weighted by molar-refractivity contribution is 5.87. The Bertz CT molecular complexity index is 622. The molecular formula is C13H16N4O3. The maximum absolute atomic E-state index is 10.9. The molecule has 0 aliphatic heterocycles. The second-order valence-electron chi connectivity index (χ2n) is 4.56. The summed E-state index contributed by atoms with van der Waals surface area (Å²) in [5, 5.41) is 21.1. The van der Waals surface area contributed by atoms with E-state index in [9.17, 15) is 9.90 Å². The molecule has 0 radical (unpaired) electrons. The third kappa shape index (κ3) is 3.12. The standard InChI is InChI=1S/C13H16N4O3/c1-7-4-15-13(16-5-8(2)18)17-11(7)9-3-10(12(19)20)14-6-9/h3-4,6,8,14,18H,5H2,1-2H3,(H,19,20)(H,15,16,17)/t8-/m1/s1. The highest BCUT2D eigenvalue weighted by atomic mass is 16.4. The first-order valence-electron chi connectivity index (χ1n) is 6.15. The van der Waals surface area contributed by atoms with Crippen LogP contribution in [0.1, 0.15) is 23.0 Å². The number of aromatic carboxylic acids is 1. The van der Waals surface area contributed by atoms with Crippen LogP contribution in [0.2, 0.25) is 0 Å². The normalized spacial score (nSPS) is 12.2. The zero-order chi connectivity index (χ0) is 14.7. The van der Waals surface area contributed by atoms with Crippen molar-refractivity contribution in [2.45, 2.75) is 20.0 Å². The molecule has 7 heteroatoms. The molecule has 0 unspecified atom stereocenters. The molecule has 2 aromatic heterocycles. The summed E-state index contributed by atoms with van der Waals surface area (Å²) >= 11 is 0. The van der Waals surface area contributed by atoms with Gasteiger partial charge in [-0.05, 0) is 25.5 Å². The van der Waals surface area contributed by atoms with E-state index in [2.05, 4.69) is 20.3 Å². The first kappa shape index (κ1) is 14.0. The van der Waals surface area contributed by atoms with Crippen molar-refractivity contribution < 1.29 is 15.0 Å². The lowest BCUT2D eigenvalue weighted by molar-refractivity contribution is 0.0691. The molecule has 0 bridgehead atoms. The predicted molar refractivity (Wildman–Crippen MR) is 73.7 cm³/mol. The molecule has 0 aromatic carbocycles. The first-order valence-corrected chi connectivity index (χ1v) is 6.15. The number of aromatic nitrogens is 3. The lowest BCUT2D eigenvalue weighted by Gasteiger charge is -2.09. The minimum atomic E-state index is -1.02. The van der Waals surface area contributed by atoms with E-state index in [1.54, 1.807) is 19.3 Å². The molecule has 0 aliphatic rings. The fourth-order valence-electron chi connectivity index (χ4n) is 1.71. The van der Waals surface area contributed by atoms with E-state index in [-0.39, 0.29) is 5.69 Å². The number of carboxylic acid groups (broad SMARTS) is 1. The van der Waals surface area contributed by atoms with Gasteiger partial charge in [-0.25, -0.2) is 14.8 Å². The number of hydrogen-bond acceptors (Lipinski definition) is 5. The number of rotatable bonds is 5. The van der Waals surface area contributed by atoms with E-state index in [1.165, 1.54) is 6.07 Å². The molecule has 106 valence electrons. The SMILES string of the molecule is Cc1cnc(NC[C@@H](C)O)nc1-c1c[nH]c(C(=O)O)c1. The van der Waals surface area contributed by atoms with E-state index in [0.29, 0.717) is 23.8 Å². The van der Waals surface area contributed by atoms with Crippen molar-refractivity contribution >= 4 is 11.9 Å². The van der Waals surface area contributed by atoms with Gasteiger partial charge in [0.2, 0.25) is 5.95 Å². The molecule has 2 heterocycles. The number of anilines is 1. The number of aromatic amines is 1. The van der Waals surface area contributed by atoms with Crippen molar-refractivity contribution in [1.82, 2.24) is 15.0 Å². The van der Waals surface area contributed by atoms with Gasteiger partial charge in [0.15, 0.2) is 0 Å². The Morgan fingerprint density at radius 2 is 2.30 bits per heavy atom. The van der Waals surface area contributed by atoms with Crippen LogP contribution in [-0.2, 0) is 0 Å². The van der Waals surface area contributed by atoms with Gasteiger partial charge in [-0.3, -0.25) is 0 Å². The summed E-state index contributed by atoms with van der Waals surface area (Å²) in [4.78, 5) is 22.0. The van der Waals surface area contributed by atoms with Crippen molar-refractivity contribution in [2.24, 2.45) is 0 Å². The predicted octanol–water partition coefficient (Wildman–Crippen LogP) is 1.27. The third-order valence-electron chi connectivity index (χ3n) is 2.71. The number of carbonyl (C=O) groups is 1. The Morgan fingerprint density at radius 1 is 1.55 bits per heavy atom. The molecule has 0 spiro atoms. The number of H-pyrrole nitrogens is 1. The summed E-state index contributed by atoms with van der Waals surface area (Å²) < 4.78 is 0. The molecule has 7 nitrogen and oxygen atoms in total. The molecule has 0 saturated carbocycles. The van der Waals surface area contributed by atoms with Crippen molar-refractivity contribution in [3.8, 4) is 11.3 Å². The van der Waals surface area contributed by atoms with Crippen LogP contribution in [0.25, 0.3) is 11.3 Å². The van der Waals surface area contributed by atoms with Crippen LogP contribution in [0.3, 0.4) is 0 Å². The number of carboxylic acids is 1. The van der Waals surface area contributed by atoms with E-state index < -0.39 is 12.1 Å². The van der Waals surface area contributed by atoms with Gasteiger partial charge in [0.25, 0.3) is 0 Å². The van der Waals surface area contributed by atoms with E-state index >= 15 is 0 Å². The maximum atomic E-state index is 10.9. The van der Waals surface area contributed by atoms with Crippen molar-refractivity contribution in [3.63, 3.8) is 0 Å². The van der Waals surface area contributed by atoms with Crippen LogP contribution in [0.15, 0.2) is 18.5 Å². The molecule has 0 amide bonds. The van der Waals surface area contributed by atoms with Crippen molar-refractivity contribution in [1.29, 1.82) is 0 Å². The average molecular weight is 276 g/mol. The Hall–Kier alpha value is -2.41. The largest absolute Gasteiger partial charge is 0.477 e. The van der Waals surface area contributed by atoms with Crippen LogP contribution in [-0.4, -0.2) is 43.8 Å². The fraction of sp³-hybridized carbons (Fsp3) is 0.308.